The summed E-state index contributed by atoms with van der Waals surface area (Å²) >= 11 is 0. The highest BCUT2D eigenvalue weighted by molar-refractivity contribution is 5.66. The van der Waals surface area contributed by atoms with Crippen LogP contribution in [0, 0.1) is 0 Å². The summed E-state index contributed by atoms with van der Waals surface area (Å²) in [5, 5.41) is 2.43. The largest absolute Gasteiger partial charge is 0.454 e. The van der Waals surface area contributed by atoms with Gasteiger partial charge in [0.2, 0.25) is 6.79 Å². The monoisotopic (exact) mass is 337 g/mol. The first-order valence-electron chi connectivity index (χ1n) is 8.60. The van der Waals surface area contributed by atoms with Gasteiger partial charge in [-0.05, 0) is 30.5 Å². The van der Waals surface area contributed by atoms with Crippen molar-refractivity contribution in [2.45, 2.75) is 45.1 Å². The van der Waals surface area contributed by atoms with Crippen LogP contribution in [0.15, 0.2) is 18.2 Å². The van der Waals surface area contributed by atoms with E-state index in [1.807, 2.05) is 18.2 Å². The van der Waals surface area contributed by atoms with Crippen LogP contribution in [0.5, 0.6) is 11.5 Å². The summed E-state index contributed by atoms with van der Waals surface area (Å²) in [5.41, 5.74) is 1.11. The zero-order valence-electron chi connectivity index (χ0n) is 14.3. The molecule has 0 saturated carbocycles. The fourth-order valence-corrected chi connectivity index (χ4v) is 2.47. The lowest BCUT2D eigenvalue weighted by Crippen LogP contribution is -2.19. The van der Waals surface area contributed by atoms with Crippen molar-refractivity contribution < 1.29 is 23.7 Å². The van der Waals surface area contributed by atoms with Crippen molar-refractivity contribution in [3.8, 4) is 11.5 Å². The molecule has 6 heteroatoms. The minimum absolute atomic E-state index is 0.303. The van der Waals surface area contributed by atoms with Gasteiger partial charge in [0.05, 0.1) is 13.2 Å². The molecule has 0 spiro atoms. The molecule has 1 aliphatic rings. The van der Waals surface area contributed by atoms with Crippen molar-refractivity contribution in [2.75, 3.05) is 27.1 Å². The smallest absolute Gasteiger partial charge is 0.406 e. The number of benzene rings is 1. The van der Waals surface area contributed by atoms with Gasteiger partial charge in [0, 0.05) is 13.7 Å². The van der Waals surface area contributed by atoms with Gasteiger partial charge in [-0.15, -0.1) is 0 Å². The minimum atomic E-state index is -0.352. The van der Waals surface area contributed by atoms with Crippen LogP contribution in [0.25, 0.3) is 0 Å². The van der Waals surface area contributed by atoms with Crippen LogP contribution in [-0.2, 0) is 16.1 Å². The zero-order chi connectivity index (χ0) is 17.0. The molecule has 0 bridgehead atoms. The molecule has 0 aromatic heterocycles. The summed E-state index contributed by atoms with van der Waals surface area (Å²) in [5.74, 6) is 1.61. The molecule has 0 radical (unpaired) electrons. The van der Waals surface area contributed by atoms with E-state index >= 15 is 0 Å². The van der Waals surface area contributed by atoms with Crippen molar-refractivity contribution in [2.24, 2.45) is 0 Å². The predicted molar refractivity (Wildman–Crippen MR) is 90.3 cm³/mol. The van der Waals surface area contributed by atoms with E-state index in [1.165, 1.54) is 12.8 Å². The maximum absolute atomic E-state index is 10.8. The molecule has 1 amide bonds. The van der Waals surface area contributed by atoms with Crippen molar-refractivity contribution >= 4 is 6.09 Å². The zero-order valence-corrected chi connectivity index (χ0v) is 14.3. The molecule has 2 rings (SSSR count). The van der Waals surface area contributed by atoms with Crippen molar-refractivity contribution in [3.05, 3.63) is 23.8 Å². The first-order chi connectivity index (χ1) is 11.8. The van der Waals surface area contributed by atoms with Gasteiger partial charge in [0.1, 0.15) is 0 Å². The third-order valence-corrected chi connectivity index (χ3v) is 3.83. The van der Waals surface area contributed by atoms with E-state index in [9.17, 15) is 4.79 Å². The van der Waals surface area contributed by atoms with E-state index < -0.39 is 0 Å². The summed E-state index contributed by atoms with van der Waals surface area (Å²) in [6, 6.07) is 5.91. The second-order valence-corrected chi connectivity index (χ2v) is 5.75. The SMILES string of the molecule is CNC(=O)OCCCCCCCCOCc1ccc2c(c1)OCO2. The second kappa shape index (κ2) is 10.8. The van der Waals surface area contributed by atoms with Gasteiger partial charge < -0.3 is 24.3 Å². The van der Waals surface area contributed by atoms with Crippen molar-refractivity contribution in [1.82, 2.24) is 5.32 Å². The molecule has 6 nitrogen and oxygen atoms in total. The molecule has 1 aromatic carbocycles. The molecule has 0 unspecified atom stereocenters. The van der Waals surface area contributed by atoms with Crippen molar-refractivity contribution in [3.63, 3.8) is 0 Å². The molecule has 0 atom stereocenters. The molecule has 1 heterocycles. The molecule has 0 saturated heterocycles. The number of carbonyl (C=O) groups is 1. The lowest BCUT2D eigenvalue weighted by Gasteiger charge is -2.06. The van der Waals surface area contributed by atoms with Gasteiger partial charge in [0.25, 0.3) is 0 Å². The summed E-state index contributed by atoms with van der Waals surface area (Å²) in [6.45, 7) is 2.18. The normalized spacial score (nSPS) is 12.2. The molecule has 24 heavy (non-hydrogen) atoms. The molecule has 134 valence electrons. The molecular weight excluding hydrogens is 310 g/mol. The third-order valence-electron chi connectivity index (χ3n) is 3.83. The minimum Gasteiger partial charge on any atom is -0.454 e. The number of alkyl carbamates (subject to hydrolysis) is 1. The maximum Gasteiger partial charge on any atom is 0.406 e. The first kappa shape index (κ1) is 18.4. The molecule has 1 N–H and O–H groups in total. The summed E-state index contributed by atoms with van der Waals surface area (Å²) < 4.78 is 21.3. The lowest BCUT2D eigenvalue weighted by molar-refractivity contribution is 0.116. The van der Waals surface area contributed by atoms with Gasteiger partial charge in [0.15, 0.2) is 11.5 Å². The Labute approximate surface area is 143 Å². The number of hydrogen-bond donors (Lipinski definition) is 1. The molecule has 0 fully saturated rings. The number of ether oxygens (including phenoxy) is 4. The average molecular weight is 337 g/mol. The van der Waals surface area contributed by atoms with Gasteiger partial charge in [-0.2, -0.15) is 0 Å². The van der Waals surface area contributed by atoms with Crippen LogP contribution in [0.2, 0.25) is 0 Å². The average Bonchev–Trinajstić information content (AvgIpc) is 3.07. The summed E-state index contributed by atoms with van der Waals surface area (Å²) in [4.78, 5) is 10.8. The fourth-order valence-electron chi connectivity index (χ4n) is 2.47. The van der Waals surface area contributed by atoms with E-state index in [-0.39, 0.29) is 6.09 Å². The van der Waals surface area contributed by atoms with Gasteiger partial charge in [-0.25, -0.2) is 4.79 Å². The first-order valence-corrected chi connectivity index (χ1v) is 8.60. The van der Waals surface area contributed by atoms with Gasteiger partial charge in [-0.1, -0.05) is 31.7 Å². The number of rotatable bonds is 11. The molecule has 1 aliphatic heterocycles. The Morgan fingerprint density at radius 3 is 2.54 bits per heavy atom. The van der Waals surface area contributed by atoms with E-state index in [2.05, 4.69) is 5.32 Å². The number of fused-ring (bicyclic) bond motifs is 1. The molecular formula is C18H27NO5. The Hall–Kier alpha value is -1.95. The van der Waals surface area contributed by atoms with E-state index in [4.69, 9.17) is 18.9 Å². The number of carbonyl (C=O) groups excluding carboxylic acids is 1. The summed E-state index contributed by atoms with van der Waals surface area (Å²) in [7, 11) is 1.57. The third kappa shape index (κ3) is 6.66. The van der Waals surface area contributed by atoms with E-state index in [0.717, 1.165) is 49.4 Å². The lowest BCUT2D eigenvalue weighted by atomic mass is 10.1. The highest BCUT2D eigenvalue weighted by atomic mass is 16.7. The Bertz CT molecular complexity index is 506. The highest BCUT2D eigenvalue weighted by Crippen LogP contribution is 2.32. The topological polar surface area (TPSA) is 66.0 Å². The number of nitrogens with one attached hydrogen (secondary N) is 1. The Kier molecular flexibility index (Phi) is 8.24. The molecule has 1 aromatic rings. The van der Waals surface area contributed by atoms with Crippen LogP contribution in [0.1, 0.15) is 44.1 Å². The van der Waals surface area contributed by atoms with E-state index in [1.54, 1.807) is 7.05 Å². The van der Waals surface area contributed by atoms with Crippen LogP contribution >= 0.6 is 0 Å². The Balaban J connectivity index is 1.40. The van der Waals surface area contributed by atoms with Crippen molar-refractivity contribution in [1.29, 1.82) is 0 Å². The van der Waals surface area contributed by atoms with Crippen LogP contribution < -0.4 is 14.8 Å². The maximum atomic E-state index is 10.8. The number of unbranched alkanes of at least 4 members (excludes halogenated alkanes) is 5. The van der Waals surface area contributed by atoms with E-state index in [0.29, 0.717) is 20.0 Å². The standard InChI is InChI=1S/C18H27NO5/c1-19-18(20)22-11-7-5-3-2-4-6-10-21-13-15-8-9-16-17(12-15)24-14-23-16/h8-9,12H,2-7,10-11,13-14H2,1H3,(H,19,20). The Morgan fingerprint density at radius 1 is 1.04 bits per heavy atom. The summed E-state index contributed by atoms with van der Waals surface area (Å²) in [6.07, 6.45) is 6.25. The van der Waals surface area contributed by atoms with Crippen LogP contribution in [-0.4, -0.2) is 33.1 Å². The van der Waals surface area contributed by atoms with Crippen LogP contribution in [0.3, 0.4) is 0 Å². The number of amides is 1. The quantitative estimate of drug-likeness (QED) is 0.625. The highest BCUT2D eigenvalue weighted by Gasteiger charge is 2.12. The predicted octanol–water partition coefficient (Wildman–Crippen LogP) is 3.63. The van der Waals surface area contributed by atoms with Gasteiger partial charge >= 0.3 is 6.09 Å². The fraction of sp³-hybridized carbons (Fsp3) is 0.611. The number of hydrogen-bond acceptors (Lipinski definition) is 5. The molecule has 0 aliphatic carbocycles. The second-order valence-electron chi connectivity index (χ2n) is 5.75. The van der Waals surface area contributed by atoms with Gasteiger partial charge in [-0.3, -0.25) is 0 Å². The van der Waals surface area contributed by atoms with Crippen LogP contribution in [0.4, 0.5) is 4.79 Å². The Morgan fingerprint density at radius 2 is 1.75 bits per heavy atom.